The van der Waals surface area contributed by atoms with Crippen LogP contribution in [0.1, 0.15) is 31.7 Å². The lowest BCUT2D eigenvalue weighted by Crippen LogP contribution is -2.03. The van der Waals surface area contributed by atoms with Crippen LogP contribution in [0.4, 0.5) is 8.78 Å². The van der Waals surface area contributed by atoms with E-state index in [0.717, 1.165) is 6.07 Å². The first-order valence-electron chi connectivity index (χ1n) is 5.87. The van der Waals surface area contributed by atoms with E-state index in [1.807, 2.05) is 0 Å². The fourth-order valence-electron chi connectivity index (χ4n) is 1.61. The van der Waals surface area contributed by atoms with Gasteiger partial charge in [-0.05, 0) is 43.9 Å². The van der Waals surface area contributed by atoms with Gasteiger partial charge in [0.05, 0.1) is 6.61 Å². The largest absolute Gasteiger partial charge is 0.505 e. The first-order chi connectivity index (χ1) is 8.54. The van der Waals surface area contributed by atoms with Gasteiger partial charge < -0.3 is 9.84 Å². The number of carbonyl (C=O) groups excluding carboxylic acids is 1. The van der Waals surface area contributed by atoms with Crippen LogP contribution < -0.4 is 0 Å². The van der Waals surface area contributed by atoms with E-state index in [9.17, 15) is 13.6 Å². The maximum absolute atomic E-state index is 13.0. The summed E-state index contributed by atoms with van der Waals surface area (Å²) in [5, 5.41) is 9.11. The van der Waals surface area contributed by atoms with Crippen molar-refractivity contribution >= 4 is 5.97 Å². The normalized spacial score (nSPS) is 10.4. The van der Waals surface area contributed by atoms with E-state index < -0.39 is 17.4 Å². The van der Waals surface area contributed by atoms with Gasteiger partial charge >= 0.3 is 5.97 Å². The minimum Gasteiger partial charge on any atom is -0.505 e. The smallest absolute Gasteiger partial charge is 0.305 e. The number of carbonyl (C=O) groups is 1. The SMILES string of the molecule is CCOC(=O)CCCCc1cc(O)c(F)c(F)c1. The summed E-state index contributed by atoms with van der Waals surface area (Å²) in [5.74, 6) is -3.23. The predicted octanol–water partition coefficient (Wildman–Crippen LogP) is 2.95. The molecule has 0 spiro atoms. The second-order valence-electron chi connectivity index (χ2n) is 3.92. The van der Waals surface area contributed by atoms with Crippen molar-refractivity contribution in [2.45, 2.75) is 32.6 Å². The maximum Gasteiger partial charge on any atom is 0.305 e. The average molecular weight is 258 g/mol. The van der Waals surface area contributed by atoms with Gasteiger partial charge in [0.1, 0.15) is 0 Å². The number of hydrogen-bond donors (Lipinski definition) is 1. The highest BCUT2D eigenvalue weighted by molar-refractivity contribution is 5.69. The van der Waals surface area contributed by atoms with Gasteiger partial charge in [0.2, 0.25) is 0 Å². The van der Waals surface area contributed by atoms with Gasteiger partial charge in [0, 0.05) is 6.42 Å². The van der Waals surface area contributed by atoms with E-state index in [0.29, 0.717) is 37.9 Å². The molecule has 100 valence electrons. The molecule has 3 nitrogen and oxygen atoms in total. The Morgan fingerprint density at radius 1 is 1.33 bits per heavy atom. The minimum atomic E-state index is -1.23. The van der Waals surface area contributed by atoms with Crippen LogP contribution in [0.2, 0.25) is 0 Å². The maximum atomic E-state index is 13.0. The molecule has 0 bridgehead atoms. The molecule has 0 unspecified atom stereocenters. The number of benzene rings is 1. The van der Waals surface area contributed by atoms with Crippen molar-refractivity contribution in [3.63, 3.8) is 0 Å². The number of aryl methyl sites for hydroxylation is 1. The summed E-state index contributed by atoms with van der Waals surface area (Å²) in [6.07, 6.45) is 2.04. The van der Waals surface area contributed by atoms with Gasteiger partial charge in [-0.2, -0.15) is 4.39 Å². The lowest BCUT2D eigenvalue weighted by atomic mass is 10.1. The Kier molecular flexibility index (Phi) is 5.55. The van der Waals surface area contributed by atoms with Crippen LogP contribution in [-0.4, -0.2) is 17.7 Å². The highest BCUT2D eigenvalue weighted by Gasteiger charge is 2.09. The van der Waals surface area contributed by atoms with E-state index in [1.165, 1.54) is 6.07 Å². The van der Waals surface area contributed by atoms with E-state index in [2.05, 4.69) is 0 Å². The van der Waals surface area contributed by atoms with Crippen LogP contribution in [0.5, 0.6) is 5.75 Å². The van der Waals surface area contributed by atoms with E-state index >= 15 is 0 Å². The Bertz CT molecular complexity index is 396. The van der Waals surface area contributed by atoms with Gasteiger partial charge in [-0.15, -0.1) is 0 Å². The van der Waals surface area contributed by atoms with Crippen molar-refractivity contribution in [1.29, 1.82) is 0 Å². The first kappa shape index (κ1) is 14.4. The number of phenolic OH excluding ortho intramolecular Hbond substituents is 1. The Labute approximate surface area is 104 Å². The van der Waals surface area contributed by atoms with Crippen molar-refractivity contribution in [3.8, 4) is 5.75 Å². The summed E-state index contributed by atoms with van der Waals surface area (Å²) in [6.45, 7) is 2.10. The van der Waals surface area contributed by atoms with E-state index in [-0.39, 0.29) is 5.97 Å². The third-order valence-corrected chi connectivity index (χ3v) is 2.47. The third-order valence-electron chi connectivity index (χ3n) is 2.47. The zero-order valence-corrected chi connectivity index (χ0v) is 10.2. The van der Waals surface area contributed by atoms with Crippen LogP contribution >= 0.6 is 0 Å². The summed E-state index contributed by atoms with van der Waals surface area (Å²) in [7, 11) is 0. The Hall–Kier alpha value is -1.65. The molecule has 1 aromatic rings. The van der Waals surface area contributed by atoms with Crippen LogP contribution in [0.15, 0.2) is 12.1 Å². The van der Waals surface area contributed by atoms with Crippen molar-refractivity contribution < 1.29 is 23.4 Å². The first-order valence-corrected chi connectivity index (χ1v) is 5.87. The number of halogens is 2. The van der Waals surface area contributed by atoms with Gasteiger partial charge in [0.25, 0.3) is 0 Å². The second-order valence-corrected chi connectivity index (χ2v) is 3.92. The molecular formula is C13H16F2O3. The molecule has 1 rings (SSSR count). The van der Waals surface area contributed by atoms with Crippen molar-refractivity contribution in [3.05, 3.63) is 29.3 Å². The Balaban J connectivity index is 2.38. The zero-order valence-electron chi connectivity index (χ0n) is 10.2. The molecule has 0 saturated carbocycles. The zero-order chi connectivity index (χ0) is 13.5. The highest BCUT2D eigenvalue weighted by atomic mass is 19.2. The molecule has 0 aliphatic heterocycles. The highest BCUT2D eigenvalue weighted by Crippen LogP contribution is 2.21. The van der Waals surface area contributed by atoms with Crippen molar-refractivity contribution in [2.75, 3.05) is 6.61 Å². The van der Waals surface area contributed by atoms with Crippen molar-refractivity contribution in [2.24, 2.45) is 0 Å². The standard InChI is InChI=1S/C13H16F2O3/c1-2-18-12(17)6-4-3-5-9-7-10(14)13(15)11(16)8-9/h7-8,16H,2-6H2,1H3. The molecular weight excluding hydrogens is 242 g/mol. The van der Waals surface area contributed by atoms with E-state index in [4.69, 9.17) is 9.84 Å². The van der Waals surface area contributed by atoms with Gasteiger partial charge in [-0.25, -0.2) is 4.39 Å². The summed E-state index contributed by atoms with van der Waals surface area (Å²) in [6, 6.07) is 2.25. The lowest BCUT2D eigenvalue weighted by Gasteiger charge is -2.04. The molecule has 1 aromatic carbocycles. The monoisotopic (exact) mass is 258 g/mol. The lowest BCUT2D eigenvalue weighted by molar-refractivity contribution is -0.143. The molecule has 0 atom stereocenters. The van der Waals surface area contributed by atoms with Crippen LogP contribution in [0.3, 0.4) is 0 Å². The van der Waals surface area contributed by atoms with Crippen molar-refractivity contribution in [1.82, 2.24) is 0 Å². The number of esters is 1. The van der Waals surface area contributed by atoms with Gasteiger partial charge in [-0.3, -0.25) is 4.79 Å². The average Bonchev–Trinajstić information content (AvgIpc) is 2.32. The number of hydrogen-bond acceptors (Lipinski definition) is 3. The summed E-state index contributed by atoms with van der Waals surface area (Å²) >= 11 is 0. The van der Waals surface area contributed by atoms with Crippen LogP contribution in [0, 0.1) is 11.6 Å². The molecule has 18 heavy (non-hydrogen) atoms. The fourth-order valence-corrected chi connectivity index (χ4v) is 1.61. The molecule has 0 aliphatic carbocycles. The van der Waals surface area contributed by atoms with Gasteiger partial charge in [0.15, 0.2) is 17.4 Å². The molecule has 1 N–H and O–H groups in total. The Morgan fingerprint density at radius 3 is 2.67 bits per heavy atom. The minimum absolute atomic E-state index is 0.259. The topological polar surface area (TPSA) is 46.5 Å². The molecule has 0 saturated heterocycles. The van der Waals surface area contributed by atoms with E-state index in [1.54, 1.807) is 6.92 Å². The number of phenols is 1. The number of ether oxygens (including phenoxy) is 1. The molecule has 0 aromatic heterocycles. The summed E-state index contributed by atoms with van der Waals surface area (Å²) < 4.78 is 30.5. The number of rotatable bonds is 6. The Morgan fingerprint density at radius 2 is 2.06 bits per heavy atom. The molecule has 5 heteroatoms. The summed E-state index contributed by atoms with van der Waals surface area (Å²) in [5.41, 5.74) is 0.509. The number of aromatic hydroxyl groups is 1. The quantitative estimate of drug-likeness (QED) is 0.630. The van der Waals surface area contributed by atoms with Crippen LogP contribution in [0.25, 0.3) is 0 Å². The molecule has 0 aliphatic rings. The molecule has 0 amide bonds. The summed E-state index contributed by atoms with van der Waals surface area (Å²) in [4.78, 5) is 11.0. The third kappa shape index (κ3) is 4.31. The van der Waals surface area contributed by atoms with Crippen LogP contribution in [-0.2, 0) is 16.0 Å². The number of unbranched alkanes of at least 4 members (excludes halogenated alkanes) is 1. The molecule has 0 fully saturated rings. The second kappa shape index (κ2) is 6.93. The predicted molar refractivity (Wildman–Crippen MR) is 62.2 cm³/mol. The molecule has 0 radical (unpaired) electrons. The fraction of sp³-hybridized carbons (Fsp3) is 0.462. The van der Waals surface area contributed by atoms with Gasteiger partial charge in [-0.1, -0.05) is 0 Å². The molecule has 0 heterocycles.